The number of ether oxygens (including phenoxy) is 1. The van der Waals surface area contributed by atoms with E-state index in [1.807, 2.05) is 0 Å². The van der Waals surface area contributed by atoms with Gasteiger partial charge in [-0.05, 0) is 24.3 Å². The first-order valence-electron chi connectivity index (χ1n) is 4.89. The summed E-state index contributed by atoms with van der Waals surface area (Å²) in [5.74, 6) is 0. The zero-order valence-electron chi connectivity index (χ0n) is 8.80. The third-order valence-corrected chi connectivity index (χ3v) is 3.17. The monoisotopic (exact) mass is 250 g/mol. The Balaban J connectivity index is 2.15. The van der Waals surface area contributed by atoms with E-state index in [-0.39, 0.29) is 4.90 Å². The molecule has 5 nitrogen and oxygen atoms in total. The maximum atomic E-state index is 11.7. The van der Waals surface area contributed by atoms with E-state index < -0.39 is 16.3 Å². The third-order valence-electron chi connectivity index (χ3n) is 1.99. The fourth-order valence-corrected chi connectivity index (χ4v) is 2.00. The molecule has 1 aliphatic heterocycles. The molecule has 1 aliphatic rings. The molecule has 0 saturated carbocycles. The van der Waals surface area contributed by atoms with Crippen LogP contribution < -0.4 is 0 Å². The van der Waals surface area contributed by atoms with Gasteiger partial charge in [0.1, 0.15) is 0 Å². The SMILES string of the molecule is O=S(=O)(N=NC1C=CC=CO1)c1ccccc1. The fraction of sp³-hybridized carbons (Fsp3) is 0.0909. The molecule has 17 heavy (non-hydrogen) atoms. The molecular formula is C11H10N2O3S. The van der Waals surface area contributed by atoms with Crippen molar-refractivity contribution in [1.29, 1.82) is 0 Å². The Morgan fingerprint density at radius 1 is 1.12 bits per heavy atom. The first kappa shape index (κ1) is 11.5. The summed E-state index contributed by atoms with van der Waals surface area (Å²) in [6.45, 7) is 0. The Labute approximate surface area is 99.2 Å². The van der Waals surface area contributed by atoms with E-state index in [1.54, 1.807) is 36.4 Å². The van der Waals surface area contributed by atoms with Crippen LogP contribution in [-0.4, -0.2) is 14.6 Å². The van der Waals surface area contributed by atoms with E-state index in [1.165, 1.54) is 18.4 Å². The summed E-state index contributed by atoms with van der Waals surface area (Å²) in [5.41, 5.74) is 0. The first-order chi connectivity index (χ1) is 8.18. The second kappa shape index (κ2) is 4.92. The fourth-order valence-electron chi connectivity index (χ4n) is 1.19. The van der Waals surface area contributed by atoms with Gasteiger partial charge in [-0.15, -0.1) is 5.11 Å². The number of hydrogen-bond donors (Lipinski definition) is 0. The van der Waals surface area contributed by atoms with Crippen molar-refractivity contribution in [2.75, 3.05) is 0 Å². The number of rotatable bonds is 3. The minimum atomic E-state index is -3.74. The highest BCUT2D eigenvalue weighted by atomic mass is 32.2. The number of sulfonamides is 1. The topological polar surface area (TPSA) is 68.1 Å². The lowest BCUT2D eigenvalue weighted by atomic mass is 10.4. The van der Waals surface area contributed by atoms with Crippen molar-refractivity contribution in [3.8, 4) is 0 Å². The molecule has 0 amide bonds. The highest BCUT2D eigenvalue weighted by molar-refractivity contribution is 7.90. The Morgan fingerprint density at radius 3 is 2.53 bits per heavy atom. The predicted octanol–water partition coefficient (Wildman–Crippen LogP) is 2.25. The maximum Gasteiger partial charge on any atom is 0.299 e. The molecule has 1 aromatic rings. The Hall–Kier alpha value is -1.95. The largest absolute Gasteiger partial charge is 0.471 e. The van der Waals surface area contributed by atoms with Gasteiger partial charge in [0.2, 0.25) is 6.23 Å². The van der Waals surface area contributed by atoms with Crippen molar-refractivity contribution in [2.24, 2.45) is 9.63 Å². The van der Waals surface area contributed by atoms with Crippen molar-refractivity contribution in [3.05, 3.63) is 54.8 Å². The molecule has 2 rings (SSSR count). The van der Waals surface area contributed by atoms with Crippen LogP contribution >= 0.6 is 0 Å². The zero-order valence-corrected chi connectivity index (χ0v) is 9.62. The standard InChI is InChI=1S/C11H10N2O3S/c14-17(15,10-6-2-1-3-7-10)13-12-11-8-4-5-9-16-11/h1-9,11H. The molecule has 0 N–H and O–H groups in total. The van der Waals surface area contributed by atoms with Gasteiger partial charge in [-0.1, -0.05) is 28.8 Å². The van der Waals surface area contributed by atoms with E-state index in [0.29, 0.717) is 0 Å². The van der Waals surface area contributed by atoms with Gasteiger partial charge in [0, 0.05) is 0 Å². The first-order valence-corrected chi connectivity index (χ1v) is 6.33. The smallest absolute Gasteiger partial charge is 0.299 e. The number of benzene rings is 1. The quantitative estimate of drug-likeness (QED) is 0.772. The summed E-state index contributed by atoms with van der Waals surface area (Å²) in [6, 6.07) is 7.91. The van der Waals surface area contributed by atoms with Crippen LogP contribution in [0.1, 0.15) is 0 Å². The molecule has 0 radical (unpaired) electrons. The van der Waals surface area contributed by atoms with Crippen molar-refractivity contribution in [1.82, 2.24) is 0 Å². The molecule has 0 spiro atoms. The van der Waals surface area contributed by atoms with Crippen molar-refractivity contribution >= 4 is 10.0 Å². The molecule has 1 atom stereocenters. The molecule has 0 saturated heterocycles. The highest BCUT2D eigenvalue weighted by Gasteiger charge is 2.13. The second-order valence-electron chi connectivity index (χ2n) is 3.23. The minimum absolute atomic E-state index is 0.110. The Bertz CT molecular complexity index is 562. The number of hydrogen-bond acceptors (Lipinski definition) is 4. The summed E-state index contributed by atoms with van der Waals surface area (Å²) in [7, 11) is -3.74. The Morgan fingerprint density at radius 2 is 1.88 bits per heavy atom. The lowest BCUT2D eigenvalue weighted by molar-refractivity contribution is 0.186. The highest BCUT2D eigenvalue weighted by Crippen LogP contribution is 2.13. The zero-order chi connectivity index (χ0) is 12.1. The van der Waals surface area contributed by atoms with Gasteiger partial charge in [-0.25, -0.2) is 0 Å². The lowest BCUT2D eigenvalue weighted by Crippen LogP contribution is -2.05. The normalized spacial score (nSPS) is 19.4. The van der Waals surface area contributed by atoms with E-state index in [2.05, 4.69) is 9.63 Å². The molecule has 0 fully saturated rings. The molecule has 0 aliphatic carbocycles. The molecule has 1 unspecified atom stereocenters. The summed E-state index contributed by atoms with van der Waals surface area (Å²) in [4.78, 5) is 0.110. The van der Waals surface area contributed by atoms with Gasteiger partial charge in [0.05, 0.1) is 11.2 Å². The van der Waals surface area contributed by atoms with Gasteiger partial charge in [-0.2, -0.15) is 8.42 Å². The molecule has 0 bridgehead atoms. The Kier molecular flexibility index (Phi) is 3.34. The van der Waals surface area contributed by atoms with Gasteiger partial charge >= 0.3 is 0 Å². The van der Waals surface area contributed by atoms with Crippen LogP contribution in [0.4, 0.5) is 0 Å². The van der Waals surface area contributed by atoms with Gasteiger partial charge < -0.3 is 4.74 Å². The van der Waals surface area contributed by atoms with E-state index in [4.69, 9.17) is 4.74 Å². The average molecular weight is 250 g/mol. The molecule has 0 aromatic heterocycles. The summed E-state index contributed by atoms with van der Waals surface area (Å²) in [6.07, 6.45) is 5.74. The molecule has 6 heteroatoms. The van der Waals surface area contributed by atoms with Crippen molar-refractivity contribution < 1.29 is 13.2 Å². The van der Waals surface area contributed by atoms with Crippen molar-refractivity contribution in [3.63, 3.8) is 0 Å². The van der Waals surface area contributed by atoms with Crippen LogP contribution in [0, 0.1) is 0 Å². The minimum Gasteiger partial charge on any atom is -0.471 e. The summed E-state index contributed by atoms with van der Waals surface area (Å²) >= 11 is 0. The van der Waals surface area contributed by atoms with Gasteiger partial charge in [0.15, 0.2) is 0 Å². The molecule has 1 aromatic carbocycles. The van der Waals surface area contributed by atoms with Crippen LogP contribution in [-0.2, 0) is 14.8 Å². The van der Waals surface area contributed by atoms with Crippen LogP contribution in [0.5, 0.6) is 0 Å². The third kappa shape index (κ3) is 3.01. The van der Waals surface area contributed by atoms with E-state index in [0.717, 1.165) is 0 Å². The average Bonchev–Trinajstić information content (AvgIpc) is 2.39. The molecule has 88 valence electrons. The van der Waals surface area contributed by atoms with E-state index in [9.17, 15) is 8.42 Å². The maximum absolute atomic E-state index is 11.7. The number of nitrogens with zero attached hydrogens (tertiary/aromatic N) is 2. The van der Waals surface area contributed by atoms with Crippen LogP contribution in [0.25, 0.3) is 0 Å². The lowest BCUT2D eigenvalue weighted by Gasteiger charge is -2.07. The van der Waals surface area contributed by atoms with Crippen LogP contribution in [0.3, 0.4) is 0 Å². The van der Waals surface area contributed by atoms with Gasteiger partial charge in [0.25, 0.3) is 10.0 Å². The van der Waals surface area contributed by atoms with Crippen molar-refractivity contribution in [2.45, 2.75) is 11.1 Å². The number of allylic oxidation sites excluding steroid dienone is 2. The predicted molar refractivity (Wildman–Crippen MR) is 61.6 cm³/mol. The van der Waals surface area contributed by atoms with E-state index >= 15 is 0 Å². The summed E-state index contributed by atoms with van der Waals surface area (Å²) < 4.78 is 31.8. The molecule has 1 heterocycles. The van der Waals surface area contributed by atoms with Crippen LogP contribution in [0.2, 0.25) is 0 Å². The second-order valence-corrected chi connectivity index (χ2v) is 4.81. The van der Waals surface area contributed by atoms with Gasteiger partial charge in [-0.3, -0.25) is 0 Å². The molecular weight excluding hydrogens is 240 g/mol. The van der Waals surface area contributed by atoms with Crippen LogP contribution in [0.15, 0.2) is 69.4 Å². The summed E-state index contributed by atoms with van der Waals surface area (Å²) in [5, 5.41) is 3.61.